The third-order valence-electron chi connectivity index (χ3n) is 1.11. The van der Waals surface area contributed by atoms with Crippen LogP contribution in [-0.2, 0) is 0 Å². The molecule has 0 aliphatic rings. The fraction of sp³-hybridized carbons (Fsp3) is 0.143. The van der Waals surface area contributed by atoms with Gasteiger partial charge in [0.1, 0.15) is 5.69 Å². The van der Waals surface area contributed by atoms with E-state index in [1.165, 1.54) is 19.2 Å². The Hall–Kier alpha value is -1.58. The largest absolute Gasteiger partial charge is 0.296 e. The average molecular weight is 150 g/mol. The van der Waals surface area contributed by atoms with Gasteiger partial charge in [-0.15, -0.1) is 0 Å². The first-order valence-electron chi connectivity index (χ1n) is 3.03. The molecule has 56 valence electrons. The Labute approximate surface area is 63.3 Å². The lowest BCUT2D eigenvalue weighted by atomic mass is 10.4. The summed E-state index contributed by atoms with van der Waals surface area (Å²) in [5.74, 6) is -0.164. The van der Waals surface area contributed by atoms with E-state index < -0.39 is 0 Å². The van der Waals surface area contributed by atoms with Gasteiger partial charge in [0.05, 0.1) is 0 Å². The zero-order chi connectivity index (χ0) is 8.27. The minimum atomic E-state index is -0.242. The Morgan fingerprint density at radius 2 is 2.36 bits per heavy atom. The van der Waals surface area contributed by atoms with E-state index in [4.69, 9.17) is 0 Å². The molecule has 11 heavy (non-hydrogen) atoms. The van der Waals surface area contributed by atoms with Crippen molar-refractivity contribution >= 4 is 12.1 Å². The highest BCUT2D eigenvalue weighted by Crippen LogP contribution is 1.92. The van der Waals surface area contributed by atoms with Crippen molar-refractivity contribution in [1.82, 2.24) is 9.97 Å². The fourth-order valence-electron chi connectivity index (χ4n) is 0.608. The molecule has 1 aromatic heterocycles. The van der Waals surface area contributed by atoms with Crippen molar-refractivity contribution in [3.8, 4) is 0 Å². The van der Waals surface area contributed by atoms with Crippen molar-refractivity contribution in [2.75, 3.05) is 0 Å². The number of nitrogens with zero attached hydrogens (tertiary/aromatic N) is 2. The maximum atomic E-state index is 10.7. The number of Topliss-reactive ketones (excluding diaryl/α,β-unsaturated/α-hetero) is 1. The summed E-state index contributed by atoms with van der Waals surface area (Å²) in [6, 6.07) is 1.44. The van der Waals surface area contributed by atoms with Gasteiger partial charge < -0.3 is 0 Å². The normalized spacial score (nSPS) is 9.18. The fourth-order valence-corrected chi connectivity index (χ4v) is 0.608. The van der Waals surface area contributed by atoms with Crippen LogP contribution in [0.2, 0.25) is 0 Å². The molecule has 0 spiro atoms. The number of rotatable bonds is 2. The van der Waals surface area contributed by atoms with Gasteiger partial charge in [0.15, 0.2) is 17.9 Å². The van der Waals surface area contributed by atoms with E-state index in [2.05, 4.69) is 9.97 Å². The first kappa shape index (κ1) is 7.53. The molecule has 4 nitrogen and oxygen atoms in total. The van der Waals surface area contributed by atoms with Crippen LogP contribution in [0.5, 0.6) is 0 Å². The number of carbonyl (C=O) groups excluding carboxylic acids is 2. The average Bonchev–Trinajstić information content (AvgIpc) is 2.05. The van der Waals surface area contributed by atoms with Gasteiger partial charge in [0.25, 0.3) is 0 Å². The lowest BCUT2D eigenvalue weighted by Crippen LogP contribution is -2.02. The molecule has 1 aromatic rings. The van der Waals surface area contributed by atoms with Crippen molar-refractivity contribution in [3.63, 3.8) is 0 Å². The zero-order valence-corrected chi connectivity index (χ0v) is 5.94. The van der Waals surface area contributed by atoms with E-state index in [9.17, 15) is 9.59 Å². The van der Waals surface area contributed by atoms with E-state index in [0.29, 0.717) is 6.29 Å². The summed E-state index contributed by atoms with van der Waals surface area (Å²) in [5.41, 5.74) is 0.227. The number of carbonyl (C=O) groups is 2. The third-order valence-corrected chi connectivity index (χ3v) is 1.11. The SMILES string of the molecule is CC(=O)c1nccc(C=O)n1. The molecule has 0 saturated carbocycles. The van der Waals surface area contributed by atoms with Crippen LogP contribution < -0.4 is 0 Å². The van der Waals surface area contributed by atoms with E-state index in [1.807, 2.05) is 0 Å². The maximum Gasteiger partial charge on any atom is 0.196 e. The number of hydrogen-bond acceptors (Lipinski definition) is 4. The molecule has 0 N–H and O–H groups in total. The molecule has 0 aliphatic carbocycles. The summed E-state index contributed by atoms with van der Waals surface area (Å²) < 4.78 is 0. The minimum Gasteiger partial charge on any atom is -0.296 e. The Morgan fingerprint density at radius 1 is 1.64 bits per heavy atom. The maximum absolute atomic E-state index is 10.7. The summed E-state index contributed by atoms with van der Waals surface area (Å²) in [7, 11) is 0. The smallest absolute Gasteiger partial charge is 0.196 e. The zero-order valence-electron chi connectivity index (χ0n) is 5.94. The lowest BCUT2D eigenvalue weighted by Gasteiger charge is -1.92. The number of aldehydes is 1. The van der Waals surface area contributed by atoms with E-state index >= 15 is 0 Å². The van der Waals surface area contributed by atoms with Gasteiger partial charge in [-0.2, -0.15) is 0 Å². The monoisotopic (exact) mass is 150 g/mol. The highest BCUT2D eigenvalue weighted by molar-refractivity contribution is 5.90. The molecule has 0 unspecified atom stereocenters. The molecule has 1 rings (SSSR count). The molecule has 0 aliphatic heterocycles. The predicted octanol–water partition coefficient (Wildman–Crippen LogP) is 0.492. The molecule has 0 radical (unpaired) electrons. The van der Waals surface area contributed by atoms with Gasteiger partial charge in [-0.3, -0.25) is 9.59 Å². The predicted molar refractivity (Wildman–Crippen MR) is 37.4 cm³/mol. The minimum absolute atomic E-state index is 0.0783. The molecule has 0 bridgehead atoms. The second-order valence-corrected chi connectivity index (χ2v) is 1.98. The van der Waals surface area contributed by atoms with Crippen LogP contribution in [0, 0.1) is 0 Å². The molecule has 1 heterocycles. The molecule has 0 amide bonds. The van der Waals surface area contributed by atoms with Crippen molar-refractivity contribution in [1.29, 1.82) is 0 Å². The highest BCUT2D eigenvalue weighted by Gasteiger charge is 2.01. The first-order valence-corrected chi connectivity index (χ1v) is 3.03. The van der Waals surface area contributed by atoms with Crippen molar-refractivity contribution in [2.24, 2.45) is 0 Å². The summed E-state index contributed by atoms with van der Waals surface area (Å²) in [6.45, 7) is 1.35. The quantitative estimate of drug-likeness (QED) is 0.454. The van der Waals surface area contributed by atoms with Crippen molar-refractivity contribution < 1.29 is 9.59 Å². The summed E-state index contributed by atoms with van der Waals surface area (Å²) in [6.07, 6.45) is 1.96. The molecule has 0 atom stereocenters. The Balaban J connectivity index is 3.10. The van der Waals surface area contributed by atoms with Gasteiger partial charge in [0, 0.05) is 13.1 Å². The van der Waals surface area contributed by atoms with Gasteiger partial charge >= 0.3 is 0 Å². The standard InChI is InChI=1S/C7H6N2O2/c1-5(11)7-8-3-2-6(4-10)9-7/h2-4H,1H3. The lowest BCUT2D eigenvalue weighted by molar-refractivity contribution is 0.100. The second-order valence-electron chi connectivity index (χ2n) is 1.98. The van der Waals surface area contributed by atoms with Gasteiger partial charge in [-0.05, 0) is 6.07 Å². The first-order chi connectivity index (χ1) is 5.24. The van der Waals surface area contributed by atoms with Crippen molar-refractivity contribution in [2.45, 2.75) is 6.92 Å². The van der Waals surface area contributed by atoms with Crippen LogP contribution >= 0.6 is 0 Å². The number of hydrogen-bond donors (Lipinski definition) is 0. The van der Waals surface area contributed by atoms with Crippen LogP contribution in [0.15, 0.2) is 12.3 Å². The van der Waals surface area contributed by atoms with Gasteiger partial charge in [0.2, 0.25) is 0 Å². The van der Waals surface area contributed by atoms with Crippen LogP contribution in [-0.4, -0.2) is 22.0 Å². The molecule has 0 saturated heterocycles. The highest BCUT2D eigenvalue weighted by atomic mass is 16.1. The number of ketones is 1. The van der Waals surface area contributed by atoms with Crippen LogP contribution in [0.1, 0.15) is 28.0 Å². The molecular formula is C7H6N2O2. The molecule has 4 heteroatoms. The summed E-state index contributed by atoms with van der Waals surface area (Å²) in [5, 5.41) is 0. The Kier molecular flexibility index (Phi) is 2.06. The Morgan fingerprint density at radius 3 is 2.91 bits per heavy atom. The summed E-state index contributed by atoms with van der Waals surface area (Å²) >= 11 is 0. The van der Waals surface area contributed by atoms with E-state index in [-0.39, 0.29) is 17.3 Å². The van der Waals surface area contributed by atoms with Crippen LogP contribution in [0.25, 0.3) is 0 Å². The Bertz CT molecular complexity index is 296. The number of aromatic nitrogens is 2. The molecular weight excluding hydrogens is 144 g/mol. The second kappa shape index (κ2) is 3.01. The van der Waals surface area contributed by atoms with E-state index in [1.54, 1.807) is 0 Å². The van der Waals surface area contributed by atoms with Gasteiger partial charge in [-0.1, -0.05) is 0 Å². The topological polar surface area (TPSA) is 59.9 Å². The van der Waals surface area contributed by atoms with Crippen LogP contribution in [0.3, 0.4) is 0 Å². The summed E-state index contributed by atoms with van der Waals surface area (Å²) in [4.78, 5) is 28.2. The van der Waals surface area contributed by atoms with Gasteiger partial charge in [-0.25, -0.2) is 9.97 Å². The molecule has 0 fully saturated rings. The van der Waals surface area contributed by atoms with Crippen LogP contribution in [0.4, 0.5) is 0 Å². The van der Waals surface area contributed by atoms with E-state index in [0.717, 1.165) is 0 Å². The molecule has 0 aromatic carbocycles. The third kappa shape index (κ3) is 1.67. The van der Waals surface area contributed by atoms with Crippen molar-refractivity contribution in [3.05, 3.63) is 23.8 Å².